The van der Waals surface area contributed by atoms with Gasteiger partial charge in [-0.3, -0.25) is 9.59 Å². The number of rotatable bonds is 6. The summed E-state index contributed by atoms with van der Waals surface area (Å²) in [6, 6.07) is 2.77. The zero-order valence-corrected chi connectivity index (χ0v) is 18.4. The predicted molar refractivity (Wildman–Crippen MR) is 107 cm³/mol. The normalized spacial score (nSPS) is 24.1. The van der Waals surface area contributed by atoms with Gasteiger partial charge < -0.3 is 10.1 Å². The van der Waals surface area contributed by atoms with Gasteiger partial charge in [-0.2, -0.15) is 4.31 Å². The molecule has 0 radical (unpaired) electrons. The van der Waals surface area contributed by atoms with Crippen LogP contribution < -0.4 is 5.32 Å². The third-order valence-corrected chi connectivity index (χ3v) is 10.2. The molecule has 2 saturated heterocycles. The van der Waals surface area contributed by atoms with Crippen molar-refractivity contribution >= 4 is 43.1 Å². The first-order chi connectivity index (χ1) is 13.6. The minimum Gasteiger partial charge on any atom is -0.452 e. The van der Waals surface area contributed by atoms with Crippen LogP contribution in [0.25, 0.3) is 0 Å². The third kappa shape index (κ3) is 5.36. The molecule has 3 rings (SSSR count). The molecule has 2 atom stereocenters. The number of ether oxygens (including phenoxy) is 1. The largest absolute Gasteiger partial charge is 0.452 e. The highest BCUT2D eigenvalue weighted by Crippen LogP contribution is 2.27. The summed E-state index contributed by atoms with van der Waals surface area (Å²) in [7, 11) is -6.66. The lowest BCUT2D eigenvalue weighted by atomic mass is 9.98. The van der Waals surface area contributed by atoms with Gasteiger partial charge in [0.2, 0.25) is 0 Å². The summed E-state index contributed by atoms with van der Waals surface area (Å²) in [5.41, 5.74) is 0. The van der Waals surface area contributed by atoms with E-state index in [4.69, 9.17) is 4.74 Å². The number of nitrogens with one attached hydrogen (secondary N) is 1. The highest BCUT2D eigenvalue weighted by Gasteiger charge is 2.35. The number of hydrogen-bond acceptors (Lipinski definition) is 8. The molecule has 162 valence electrons. The zero-order chi connectivity index (χ0) is 21.2. The maximum absolute atomic E-state index is 12.5. The van der Waals surface area contributed by atoms with E-state index in [2.05, 4.69) is 5.32 Å². The average Bonchev–Trinajstić information content (AvgIpc) is 3.32. The van der Waals surface area contributed by atoms with Crippen LogP contribution in [-0.4, -0.2) is 69.8 Å². The van der Waals surface area contributed by atoms with Crippen LogP contribution in [0.3, 0.4) is 0 Å². The van der Waals surface area contributed by atoms with E-state index >= 15 is 0 Å². The standard InChI is InChI=1S/C17H24N2O7S3/c1-12(16(20)18-14-6-10-28(22,23)11-14)26-17(21)13-4-7-19(8-5-13)29(24,25)15-3-2-9-27-15/h2-3,9,12-14H,4-8,10-11H2,1H3,(H,18,20)/t12-,14-/m0/s1. The highest BCUT2D eigenvalue weighted by atomic mass is 32.2. The van der Waals surface area contributed by atoms with Gasteiger partial charge in [0.15, 0.2) is 15.9 Å². The first-order valence-electron chi connectivity index (χ1n) is 9.33. The van der Waals surface area contributed by atoms with Crippen LogP contribution in [0.1, 0.15) is 26.2 Å². The molecule has 0 spiro atoms. The lowest BCUT2D eigenvalue weighted by Gasteiger charge is -2.30. The Morgan fingerprint density at radius 2 is 1.97 bits per heavy atom. The number of sulfonamides is 1. The molecule has 2 aliphatic rings. The number of piperidine rings is 1. The predicted octanol–water partition coefficient (Wildman–Crippen LogP) is 0.384. The monoisotopic (exact) mass is 464 g/mol. The fourth-order valence-electron chi connectivity index (χ4n) is 3.42. The summed E-state index contributed by atoms with van der Waals surface area (Å²) < 4.78 is 54.9. The van der Waals surface area contributed by atoms with E-state index < -0.39 is 49.8 Å². The number of carbonyl (C=O) groups is 2. The molecule has 0 bridgehead atoms. The van der Waals surface area contributed by atoms with E-state index in [0.29, 0.717) is 19.3 Å². The Labute approximate surface area is 174 Å². The van der Waals surface area contributed by atoms with Crippen molar-refractivity contribution in [2.24, 2.45) is 5.92 Å². The van der Waals surface area contributed by atoms with Crippen LogP contribution in [0.4, 0.5) is 0 Å². The molecular weight excluding hydrogens is 440 g/mol. The summed E-state index contributed by atoms with van der Waals surface area (Å²) in [6.07, 6.45) is -0.0536. The molecule has 29 heavy (non-hydrogen) atoms. The summed E-state index contributed by atoms with van der Waals surface area (Å²) in [5, 5.41) is 4.30. The fourth-order valence-corrected chi connectivity index (χ4v) is 7.71. The Bertz CT molecular complexity index is 949. The van der Waals surface area contributed by atoms with Gasteiger partial charge in [-0.05, 0) is 37.6 Å². The van der Waals surface area contributed by atoms with Crippen LogP contribution in [0, 0.1) is 5.92 Å². The van der Waals surface area contributed by atoms with Gasteiger partial charge in [-0.1, -0.05) is 6.07 Å². The van der Waals surface area contributed by atoms with Gasteiger partial charge in [0.25, 0.3) is 15.9 Å². The molecule has 0 aliphatic carbocycles. The van der Waals surface area contributed by atoms with Gasteiger partial charge in [-0.15, -0.1) is 11.3 Å². The van der Waals surface area contributed by atoms with Crippen LogP contribution >= 0.6 is 11.3 Å². The number of sulfone groups is 1. The second kappa shape index (κ2) is 8.70. The number of amides is 1. The molecule has 1 aromatic rings. The van der Waals surface area contributed by atoms with Gasteiger partial charge in [0, 0.05) is 19.1 Å². The number of nitrogens with zero attached hydrogens (tertiary/aromatic N) is 1. The second-order valence-electron chi connectivity index (χ2n) is 7.30. The molecule has 3 heterocycles. The molecule has 0 aromatic carbocycles. The van der Waals surface area contributed by atoms with Gasteiger partial charge in [0.1, 0.15) is 4.21 Å². The summed E-state index contributed by atoms with van der Waals surface area (Å²) >= 11 is 1.15. The SMILES string of the molecule is C[C@H](OC(=O)C1CCN(S(=O)(=O)c2cccs2)CC1)C(=O)N[C@H]1CCS(=O)(=O)C1. The smallest absolute Gasteiger partial charge is 0.309 e. The van der Waals surface area contributed by atoms with E-state index in [-0.39, 0.29) is 28.8 Å². The Morgan fingerprint density at radius 1 is 1.28 bits per heavy atom. The molecule has 1 aromatic heterocycles. The number of esters is 1. The minimum absolute atomic E-state index is 0.0407. The van der Waals surface area contributed by atoms with E-state index in [1.165, 1.54) is 11.2 Å². The summed E-state index contributed by atoms with van der Waals surface area (Å²) in [5.74, 6) is -1.61. The minimum atomic E-state index is -3.54. The van der Waals surface area contributed by atoms with Crippen molar-refractivity contribution in [1.29, 1.82) is 0 Å². The first-order valence-corrected chi connectivity index (χ1v) is 13.5. The van der Waals surface area contributed by atoms with Crippen LogP contribution in [-0.2, 0) is 34.2 Å². The van der Waals surface area contributed by atoms with E-state index in [9.17, 15) is 26.4 Å². The average molecular weight is 465 g/mol. The molecular formula is C17H24N2O7S3. The first kappa shape index (κ1) is 22.2. The zero-order valence-electron chi connectivity index (χ0n) is 15.9. The Morgan fingerprint density at radius 3 is 2.52 bits per heavy atom. The number of thiophene rings is 1. The number of hydrogen-bond donors (Lipinski definition) is 1. The van der Waals surface area contributed by atoms with Crippen molar-refractivity contribution in [3.8, 4) is 0 Å². The van der Waals surface area contributed by atoms with Gasteiger partial charge in [-0.25, -0.2) is 16.8 Å². The topological polar surface area (TPSA) is 127 Å². The quantitative estimate of drug-likeness (QED) is 0.603. The molecule has 0 saturated carbocycles. The Kier molecular flexibility index (Phi) is 6.66. The van der Waals surface area contributed by atoms with Crippen molar-refractivity contribution < 1.29 is 31.2 Å². The van der Waals surface area contributed by atoms with Crippen LogP contribution in [0.5, 0.6) is 0 Å². The van der Waals surface area contributed by atoms with Crippen molar-refractivity contribution in [2.75, 3.05) is 24.6 Å². The van der Waals surface area contributed by atoms with Crippen LogP contribution in [0.15, 0.2) is 21.7 Å². The molecule has 1 amide bonds. The third-order valence-electron chi connectivity index (χ3n) is 5.12. The molecule has 1 N–H and O–H groups in total. The molecule has 2 fully saturated rings. The molecule has 0 unspecified atom stereocenters. The summed E-state index contributed by atoms with van der Waals surface area (Å²) in [6.45, 7) is 1.86. The van der Waals surface area contributed by atoms with E-state index in [1.54, 1.807) is 17.5 Å². The van der Waals surface area contributed by atoms with Crippen molar-refractivity contribution in [2.45, 2.75) is 42.5 Å². The molecule has 12 heteroatoms. The Hall–Kier alpha value is -1.50. The second-order valence-corrected chi connectivity index (χ2v) is 12.6. The lowest BCUT2D eigenvalue weighted by molar-refractivity contribution is -0.160. The van der Waals surface area contributed by atoms with E-state index in [0.717, 1.165) is 11.3 Å². The molecule has 2 aliphatic heterocycles. The Balaban J connectivity index is 1.47. The lowest BCUT2D eigenvalue weighted by Crippen LogP contribution is -2.44. The van der Waals surface area contributed by atoms with Crippen molar-refractivity contribution in [3.63, 3.8) is 0 Å². The highest BCUT2D eigenvalue weighted by molar-refractivity contribution is 7.91. The van der Waals surface area contributed by atoms with E-state index in [1.807, 2.05) is 0 Å². The van der Waals surface area contributed by atoms with Crippen molar-refractivity contribution in [1.82, 2.24) is 9.62 Å². The maximum Gasteiger partial charge on any atom is 0.309 e. The molecule has 9 nitrogen and oxygen atoms in total. The van der Waals surface area contributed by atoms with Crippen molar-refractivity contribution in [3.05, 3.63) is 17.5 Å². The summed E-state index contributed by atoms with van der Waals surface area (Å²) in [4.78, 5) is 24.5. The maximum atomic E-state index is 12.5. The fraction of sp³-hybridized carbons (Fsp3) is 0.647. The van der Waals surface area contributed by atoms with Crippen LogP contribution in [0.2, 0.25) is 0 Å². The number of carbonyl (C=O) groups excluding carboxylic acids is 2. The van der Waals surface area contributed by atoms with Gasteiger partial charge in [0.05, 0.1) is 17.4 Å². The van der Waals surface area contributed by atoms with Gasteiger partial charge >= 0.3 is 5.97 Å².